The second-order valence-corrected chi connectivity index (χ2v) is 10.7. The monoisotopic (exact) mass is 552 g/mol. The number of pyridine rings is 1. The molecule has 0 atom stereocenters. The second kappa shape index (κ2) is 9.89. The first-order valence-electron chi connectivity index (χ1n) is 14.2. The van der Waals surface area contributed by atoms with Crippen molar-refractivity contribution in [1.82, 2.24) is 4.98 Å². The van der Waals surface area contributed by atoms with E-state index >= 15 is 0 Å². The summed E-state index contributed by atoms with van der Waals surface area (Å²) in [5.41, 5.74) is 5.19. The van der Waals surface area contributed by atoms with Gasteiger partial charge in [0, 0.05) is 40.3 Å². The average Bonchev–Trinajstić information content (AvgIpc) is 3.30. The van der Waals surface area contributed by atoms with Crippen molar-refractivity contribution in [1.29, 1.82) is 0 Å². The number of nitrogens with zero attached hydrogens (tertiary/aromatic N) is 2. The highest BCUT2D eigenvalue weighted by molar-refractivity contribution is 6.41. The van der Waals surface area contributed by atoms with Crippen LogP contribution in [0.5, 0.6) is 0 Å². The van der Waals surface area contributed by atoms with Crippen molar-refractivity contribution in [3.8, 4) is 0 Å². The Bertz CT molecular complexity index is 2190. The summed E-state index contributed by atoms with van der Waals surface area (Å²) in [5.74, 6) is -0.428. The molecule has 8 rings (SSSR count). The zero-order valence-electron chi connectivity index (χ0n) is 23.1. The number of aromatic nitrogens is 1. The van der Waals surface area contributed by atoms with E-state index in [0.717, 1.165) is 54.9 Å². The molecule has 1 heterocycles. The van der Waals surface area contributed by atoms with Gasteiger partial charge in [0.05, 0.1) is 11.3 Å². The topological polar surface area (TPSA) is 50.3 Å². The van der Waals surface area contributed by atoms with E-state index in [9.17, 15) is 9.59 Å². The van der Waals surface area contributed by atoms with Gasteiger partial charge in [-0.05, 0) is 68.9 Å². The lowest BCUT2D eigenvalue weighted by atomic mass is 9.93. The van der Waals surface area contributed by atoms with Crippen LogP contribution in [0.25, 0.3) is 38.4 Å². The molecule has 6 aromatic carbocycles. The molecule has 4 nitrogen and oxygen atoms in total. The number of para-hydroxylation sites is 1. The predicted octanol–water partition coefficient (Wildman–Crippen LogP) is 9.47. The molecule has 0 unspecified atom stereocenters. The first-order valence-corrected chi connectivity index (χ1v) is 14.2. The van der Waals surface area contributed by atoms with Crippen molar-refractivity contribution in [2.75, 3.05) is 4.90 Å². The van der Waals surface area contributed by atoms with Crippen LogP contribution in [0.3, 0.4) is 0 Å². The number of anilines is 3. The Morgan fingerprint density at radius 1 is 0.465 bits per heavy atom. The third kappa shape index (κ3) is 3.96. The van der Waals surface area contributed by atoms with Gasteiger partial charge in [0.2, 0.25) is 0 Å². The van der Waals surface area contributed by atoms with Gasteiger partial charge in [0.1, 0.15) is 0 Å². The van der Waals surface area contributed by atoms with Crippen LogP contribution >= 0.6 is 0 Å². The lowest BCUT2D eigenvalue weighted by Crippen LogP contribution is -2.10. The molecule has 0 radical (unpaired) electrons. The summed E-state index contributed by atoms with van der Waals surface area (Å²) in [6.07, 6.45) is 5.39. The number of allylic oxidation sites excluding steroid dienone is 1. The Kier molecular flexibility index (Phi) is 5.73. The van der Waals surface area contributed by atoms with Gasteiger partial charge in [-0.3, -0.25) is 14.6 Å². The van der Waals surface area contributed by atoms with Gasteiger partial charge in [-0.1, -0.05) is 97.1 Å². The maximum absolute atomic E-state index is 13.1. The molecule has 0 saturated heterocycles. The van der Waals surface area contributed by atoms with E-state index < -0.39 is 0 Å². The molecule has 1 aromatic heterocycles. The predicted molar refractivity (Wildman–Crippen MR) is 175 cm³/mol. The first kappa shape index (κ1) is 24.9. The van der Waals surface area contributed by atoms with E-state index in [-0.39, 0.29) is 17.1 Å². The molecular weight excluding hydrogens is 528 g/mol. The van der Waals surface area contributed by atoms with E-state index in [2.05, 4.69) is 82.7 Å². The summed E-state index contributed by atoms with van der Waals surface area (Å²) in [6, 6.07) is 42.5. The number of fused-ring (bicyclic) bond motifs is 6. The second-order valence-electron chi connectivity index (χ2n) is 10.7. The molecule has 4 heteroatoms. The van der Waals surface area contributed by atoms with Crippen LogP contribution in [0.15, 0.2) is 145 Å². The molecule has 0 amide bonds. The molecule has 0 fully saturated rings. The number of carbonyl (C=O) groups excluding carboxylic acids is 2. The van der Waals surface area contributed by atoms with E-state index in [4.69, 9.17) is 0 Å². The van der Waals surface area contributed by atoms with Crippen molar-refractivity contribution in [2.45, 2.75) is 0 Å². The smallest absolute Gasteiger partial charge is 0.197 e. The third-order valence-corrected chi connectivity index (χ3v) is 8.31. The van der Waals surface area contributed by atoms with Crippen LogP contribution in [0.2, 0.25) is 0 Å². The zero-order valence-corrected chi connectivity index (χ0v) is 23.1. The minimum absolute atomic E-state index is 0.214. The fourth-order valence-electron chi connectivity index (χ4n) is 6.33. The number of rotatable bonds is 4. The third-order valence-electron chi connectivity index (χ3n) is 8.31. The van der Waals surface area contributed by atoms with Crippen LogP contribution in [0.4, 0.5) is 17.1 Å². The number of Topliss-reactive ketones (excluding diaryl/α,β-unsaturated/α-hetero) is 2. The maximum Gasteiger partial charge on any atom is 0.197 e. The standard InChI is InChI=1S/C39H24N2O2/c42-38-34-11-4-5-12-35(34)39(43)36(38)24-25-8-6-13-29-28(25)16-17-32-30-14-7-15-37(33(30)19-18-31(29)32)41(26-9-2-1-3-10-26)27-20-22-40-23-21-27/h1-24H. The van der Waals surface area contributed by atoms with Gasteiger partial charge in [-0.15, -0.1) is 0 Å². The highest BCUT2D eigenvalue weighted by Gasteiger charge is 2.32. The molecule has 0 N–H and O–H groups in total. The molecular formula is C39H24N2O2. The van der Waals surface area contributed by atoms with Gasteiger partial charge in [0.25, 0.3) is 0 Å². The van der Waals surface area contributed by atoms with E-state index in [1.54, 1.807) is 30.3 Å². The summed E-state index contributed by atoms with van der Waals surface area (Å²) in [5, 5.41) is 6.60. The minimum Gasteiger partial charge on any atom is -0.310 e. The molecule has 202 valence electrons. The normalized spacial score (nSPS) is 12.7. The van der Waals surface area contributed by atoms with Gasteiger partial charge < -0.3 is 4.90 Å². The Hall–Kier alpha value is -5.87. The molecule has 0 spiro atoms. The number of hydrogen-bond acceptors (Lipinski definition) is 4. The van der Waals surface area contributed by atoms with Crippen LogP contribution < -0.4 is 4.90 Å². The van der Waals surface area contributed by atoms with Gasteiger partial charge in [-0.25, -0.2) is 0 Å². The number of hydrogen-bond donors (Lipinski definition) is 0. The molecule has 0 saturated carbocycles. The van der Waals surface area contributed by atoms with E-state index in [0.29, 0.717) is 11.1 Å². The summed E-state index contributed by atoms with van der Waals surface area (Å²) in [4.78, 5) is 32.7. The van der Waals surface area contributed by atoms with Crippen LogP contribution in [0.1, 0.15) is 26.3 Å². The van der Waals surface area contributed by atoms with Gasteiger partial charge in [0.15, 0.2) is 11.6 Å². The molecule has 0 aliphatic heterocycles. The summed E-state index contributed by atoms with van der Waals surface area (Å²) >= 11 is 0. The Morgan fingerprint density at radius 3 is 1.70 bits per heavy atom. The fourth-order valence-corrected chi connectivity index (χ4v) is 6.33. The molecule has 0 bridgehead atoms. The molecule has 7 aromatic rings. The highest BCUT2D eigenvalue weighted by Crippen LogP contribution is 2.41. The zero-order chi connectivity index (χ0) is 28.9. The van der Waals surface area contributed by atoms with E-state index in [1.165, 1.54) is 0 Å². The summed E-state index contributed by atoms with van der Waals surface area (Å²) < 4.78 is 0. The van der Waals surface area contributed by atoms with Crippen molar-refractivity contribution in [3.05, 3.63) is 162 Å². The number of ketones is 2. The highest BCUT2D eigenvalue weighted by atomic mass is 16.2. The van der Waals surface area contributed by atoms with Gasteiger partial charge in [-0.2, -0.15) is 0 Å². The minimum atomic E-state index is -0.214. The number of carbonyl (C=O) groups is 2. The maximum atomic E-state index is 13.1. The van der Waals surface area contributed by atoms with Gasteiger partial charge >= 0.3 is 0 Å². The largest absolute Gasteiger partial charge is 0.310 e. The Balaban J connectivity index is 1.30. The van der Waals surface area contributed by atoms with Crippen LogP contribution in [0, 0.1) is 0 Å². The summed E-state index contributed by atoms with van der Waals surface area (Å²) in [6.45, 7) is 0. The van der Waals surface area contributed by atoms with Crippen LogP contribution in [-0.2, 0) is 0 Å². The van der Waals surface area contributed by atoms with Crippen molar-refractivity contribution in [3.63, 3.8) is 0 Å². The first-order chi connectivity index (χ1) is 21.2. The lowest BCUT2D eigenvalue weighted by Gasteiger charge is -2.27. The van der Waals surface area contributed by atoms with Crippen molar-refractivity contribution >= 4 is 67.0 Å². The average molecular weight is 553 g/mol. The van der Waals surface area contributed by atoms with E-state index in [1.807, 2.05) is 42.7 Å². The van der Waals surface area contributed by atoms with Crippen LogP contribution in [-0.4, -0.2) is 16.6 Å². The summed E-state index contributed by atoms with van der Waals surface area (Å²) in [7, 11) is 0. The quantitative estimate of drug-likeness (QED) is 0.124. The van der Waals surface area contributed by atoms with Crippen molar-refractivity contribution in [2.24, 2.45) is 0 Å². The number of benzene rings is 6. The molecule has 43 heavy (non-hydrogen) atoms. The molecule has 1 aliphatic carbocycles. The fraction of sp³-hybridized carbons (Fsp3) is 0. The Morgan fingerprint density at radius 2 is 1.00 bits per heavy atom. The SMILES string of the molecule is O=C1C(=Cc2cccc3c2ccc2c4cccc(N(c5ccccc5)c5ccncc5)c4ccc32)C(=O)c2ccccc21. The Labute approximate surface area is 248 Å². The van der Waals surface area contributed by atoms with Crippen molar-refractivity contribution < 1.29 is 9.59 Å². The molecule has 1 aliphatic rings. The lowest BCUT2D eigenvalue weighted by molar-refractivity contribution is 0.0990.